The molecule has 0 bridgehead atoms. The molecule has 2 aromatic rings. The van der Waals surface area contributed by atoms with Crippen molar-refractivity contribution in [3.05, 3.63) is 30.0 Å². The zero-order valence-corrected chi connectivity index (χ0v) is 7.57. The van der Waals surface area contributed by atoms with Gasteiger partial charge < -0.3 is 5.11 Å². The minimum absolute atomic E-state index is 0.130. The third-order valence-corrected chi connectivity index (χ3v) is 2.11. The number of fused-ring (bicyclic) bond motifs is 1. The molecule has 13 heavy (non-hydrogen) atoms. The number of aryl methyl sites for hydroxylation is 1. The smallest absolute Gasteiger partial charge is 0.0683 e. The second-order valence-corrected chi connectivity index (χ2v) is 3.15. The summed E-state index contributed by atoms with van der Waals surface area (Å²) in [5, 5.41) is 14.1. The average molecular weight is 176 g/mol. The van der Waals surface area contributed by atoms with Crippen molar-refractivity contribution < 1.29 is 5.11 Å². The Labute approximate surface area is 76.6 Å². The van der Waals surface area contributed by atoms with E-state index >= 15 is 0 Å². The molecule has 0 aliphatic rings. The molecule has 0 radical (unpaired) electrons. The van der Waals surface area contributed by atoms with Crippen LogP contribution >= 0.6 is 0 Å². The second-order valence-electron chi connectivity index (χ2n) is 3.15. The predicted octanol–water partition coefficient (Wildman–Crippen LogP) is 1.34. The topological polar surface area (TPSA) is 38.0 Å². The molecule has 0 unspecified atom stereocenters. The van der Waals surface area contributed by atoms with Crippen molar-refractivity contribution in [2.45, 2.75) is 13.5 Å². The van der Waals surface area contributed by atoms with Gasteiger partial charge in [0.15, 0.2) is 0 Å². The summed E-state index contributed by atoms with van der Waals surface area (Å²) < 4.78 is 1.81. The summed E-state index contributed by atoms with van der Waals surface area (Å²) in [5.74, 6) is 0. The van der Waals surface area contributed by atoms with Crippen LogP contribution in [0.25, 0.3) is 10.9 Å². The van der Waals surface area contributed by atoms with E-state index in [1.54, 1.807) is 0 Å². The Morgan fingerprint density at radius 1 is 1.46 bits per heavy atom. The van der Waals surface area contributed by atoms with Gasteiger partial charge in [-0.2, -0.15) is 5.10 Å². The highest BCUT2D eigenvalue weighted by atomic mass is 16.3. The third-order valence-electron chi connectivity index (χ3n) is 2.11. The van der Waals surface area contributed by atoms with Crippen LogP contribution in [0.2, 0.25) is 0 Å². The molecule has 0 atom stereocenters. The Bertz CT molecular complexity index is 420. The molecule has 1 aromatic carbocycles. The molecule has 3 nitrogen and oxygen atoms in total. The van der Waals surface area contributed by atoms with Gasteiger partial charge in [-0.1, -0.05) is 11.6 Å². The van der Waals surface area contributed by atoms with Crippen LogP contribution in [-0.4, -0.2) is 21.5 Å². The van der Waals surface area contributed by atoms with E-state index in [4.69, 9.17) is 5.11 Å². The van der Waals surface area contributed by atoms with Gasteiger partial charge in [-0.15, -0.1) is 0 Å². The minimum Gasteiger partial charge on any atom is -0.394 e. The largest absolute Gasteiger partial charge is 0.394 e. The van der Waals surface area contributed by atoms with Gasteiger partial charge in [0.25, 0.3) is 0 Å². The number of aliphatic hydroxyl groups excluding tert-OH is 1. The lowest BCUT2D eigenvalue weighted by atomic mass is 10.2. The molecule has 0 saturated heterocycles. The molecule has 3 heteroatoms. The Kier molecular flexibility index (Phi) is 2.02. The Morgan fingerprint density at radius 2 is 2.31 bits per heavy atom. The summed E-state index contributed by atoms with van der Waals surface area (Å²) in [6, 6.07) is 6.18. The summed E-state index contributed by atoms with van der Waals surface area (Å²) in [6.45, 7) is 2.75. The van der Waals surface area contributed by atoms with Crippen molar-refractivity contribution >= 4 is 10.9 Å². The van der Waals surface area contributed by atoms with Crippen molar-refractivity contribution in [2.75, 3.05) is 6.61 Å². The van der Waals surface area contributed by atoms with Gasteiger partial charge in [0.2, 0.25) is 0 Å². The van der Waals surface area contributed by atoms with Gasteiger partial charge in [-0.25, -0.2) is 0 Å². The molecule has 0 aliphatic carbocycles. The van der Waals surface area contributed by atoms with E-state index < -0.39 is 0 Å². The Hall–Kier alpha value is -1.35. The highest BCUT2D eigenvalue weighted by Crippen LogP contribution is 2.14. The summed E-state index contributed by atoms with van der Waals surface area (Å²) in [5.41, 5.74) is 2.32. The van der Waals surface area contributed by atoms with Crippen LogP contribution < -0.4 is 0 Å². The molecular weight excluding hydrogens is 164 g/mol. The van der Waals surface area contributed by atoms with Gasteiger partial charge in [0.1, 0.15) is 0 Å². The van der Waals surface area contributed by atoms with E-state index in [0.29, 0.717) is 6.54 Å². The maximum absolute atomic E-state index is 8.79. The number of aromatic nitrogens is 2. The first-order valence-electron chi connectivity index (χ1n) is 4.34. The number of hydrogen-bond acceptors (Lipinski definition) is 2. The second kappa shape index (κ2) is 3.18. The fourth-order valence-electron chi connectivity index (χ4n) is 1.48. The van der Waals surface area contributed by atoms with Crippen LogP contribution in [0.4, 0.5) is 0 Å². The molecule has 2 rings (SSSR count). The molecule has 0 saturated carbocycles. The van der Waals surface area contributed by atoms with Crippen LogP contribution in [0, 0.1) is 6.92 Å². The molecule has 0 spiro atoms. The van der Waals surface area contributed by atoms with Crippen LogP contribution in [0.1, 0.15) is 5.56 Å². The van der Waals surface area contributed by atoms with Crippen molar-refractivity contribution in [2.24, 2.45) is 0 Å². The first kappa shape index (κ1) is 8.26. The number of nitrogens with zero attached hydrogens (tertiary/aromatic N) is 2. The van der Waals surface area contributed by atoms with E-state index in [0.717, 1.165) is 10.9 Å². The van der Waals surface area contributed by atoms with Crippen LogP contribution in [0.15, 0.2) is 24.4 Å². The van der Waals surface area contributed by atoms with Crippen molar-refractivity contribution in [3.8, 4) is 0 Å². The summed E-state index contributed by atoms with van der Waals surface area (Å²) in [7, 11) is 0. The monoisotopic (exact) mass is 176 g/mol. The molecule has 68 valence electrons. The van der Waals surface area contributed by atoms with E-state index in [-0.39, 0.29) is 6.61 Å². The molecule has 1 heterocycles. The van der Waals surface area contributed by atoms with Crippen molar-refractivity contribution in [3.63, 3.8) is 0 Å². The zero-order chi connectivity index (χ0) is 9.26. The molecule has 0 fully saturated rings. The molecule has 0 amide bonds. The van der Waals surface area contributed by atoms with E-state index in [9.17, 15) is 0 Å². The van der Waals surface area contributed by atoms with Crippen LogP contribution in [-0.2, 0) is 6.54 Å². The number of benzene rings is 1. The maximum Gasteiger partial charge on any atom is 0.0683 e. The van der Waals surface area contributed by atoms with E-state index in [1.807, 2.05) is 16.9 Å². The Morgan fingerprint density at radius 3 is 3.08 bits per heavy atom. The van der Waals surface area contributed by atoms with E-state index in [2.05, 4.69) is 24.2 Å². The number of rotatable bonds is 2. The fraction of sp³-hybridized carbons (Fsp3) is 0.300. The van der Waals surface area contributed by atoms with Crippen molar-refractivity contribution in [1.29, 1.82) is 0 Å². The first-order valence-corrected chi connectivity index (χ1v) is 4.34. The first-order chi connectivity index (χ1) is 6.31. The lowest BCUT2D eigenvalue weighted by molar-refractivity contribution is 0.271. The van der Waals surface area contributed by atoms with Gasteiger partial charge in [-0.05, 0) is 19.1 Å². The van der Waals surface area contributed by atoms with Crippen LogP contribution in [0.5, 0.6) is 0 Å². The standard InChI is InChI=1S/C10H12N2O/c1-8-2-3-10-9(6-8)7-11-12(10)4-5-13/h2-3,6-7,13H,4-5H2,1H3. The van der Waals surface area contributed by atoms with Gasteiger partial charge in [0, 0.05) is 5.39 Å². The molecule has 1 aromatic heterocycles. The van der Waals surface area contributed by atoms with Gasteiger partial charge in [-0.3, -0.25) is 4.68 Å². The third kappa shape index (κ3) is 1.42. The Balaban J connectivity index is 2.55. The maximum atomic E-state index is 8.79. The molecule has 0 aliphatic heterocycles. The predicted molar refractivity (Wildman–Crippen MR) is 51.6 cm³/mol. The summed E-state index contributed by atoms with van der Waals surface area (Å²) in [4.78, 5) is 0. The normalized spacial score (nSPS) is 10.9. The fourth-order valence-corrected chi connectivity index (χ4v) is 1.48. The quantitative estimate of drug-likeness (QED) is 0.749. The highest BCUT2D eigenvalue weighted by Gasteiger charge is 2.00. The molecule has 1 N–H and O–H groups in total. The lowest BCUT2D eigenvalue weighted by Crippen LogP contribution is -2.02. The van der Waals surface area contributed by atoms with E-state index in [1.165, 1.54) is 5.56 Å². The average Bonchev–Trinajstić information content (AvgIpc) is 2.49. The van der Waals surface area contributed by atoms with Crippen molar-refractivity contribution in [1.82, 2.24) is 9.78 Å². The number of aliphatic hydroxyl groups is 1. The van der Waals surface area contributed by atoms with Crippen LogP contribution in [0.3, 0.4) is 0 Å². The number of hydrogen-bond donors (Lipinski definition) is 1. The zero-order valence-electron chi connectivity index (χ0n) is 7.57. The SMILES string of the molecule is Cc1ccc2c(cnn2CCO)c1. The van der Waals surface area contributed by atoms with Gasteiger partial charge in [0.05, 0.1) is 24.9 Å². The van der Waals surface area contributed by atoms with Gasteiger partial charge >= 0.3 is 0 Å². The summed E-state index contributed by atoms with van der Waals surface area (Å²) in [6.07, 6.45) is 1.83. The molecular formula is C10H12N2O. The highest BCUT2D eigenvalue weighted by molar-refractivity contribution is 5.79. The lowest BCUT2D eigenvalue weighted by Gasteiger charge is -1.99. The summed E-state index contributed by atoms with van der Waals surface area (Å²) >= 11 is 0. The minimum atomic E-state index is 0.130.